The Balaban J connectivity index is 1.75. The number of fused-ring (bicyclic) bond motifs is 1. The maximum Gasteiger partial charge on any atom is 0.225 e. The minimum absolute atomic E-state index is 0.0237. The largest absolute Gasteiger partial charge is 0.491 e. The summed E-state index contributed by atoms with van der Waals surface area (Å²) in [5.74, 6) is 0.977. The van der Waals surface area contributed by atoms with Gasteiger partial charge in [-0.2, -0.15) is 5.10 Å². The van der Waals surface area contributed by atoms with E-state index >= 15 is 0 Å². The zero-order valence-corrected chi connectivity index (χ0v) is 14.1. The molecule has 0 fully saturated rings. The SMILES string of the molecule is CN(C)CC1COc2ccccc2CN1C(=O)CCn1cncn1. The van der Waals surface area contributed by atoms with E-state index in [4.69, 9.17) is 4.74 Å². The first kappa shape index (κ1) is 16.4. The van der Waals surface area contributed by atoms with Crippen LogP contribution in [0.2, 0.25) is 0 Å². The first-order valence-electron chi connectivity index (χ1n) is 8.11. The van der Waals surface area contributed by atoms with Crippen molar-refractivity contribution in [2.24, 2.45) is 0 Å². The molecule has 0 saturated carbocycles. The molecule has 7 heteroatoms. The summed E-state index contributed by atoms with van der Waals surface area (Å²) in [5, 5.41) is 4.06. The minimum Gasteiger partial charge on any atom is -0.491 e. The van der Waals surface area contributed by atoms with E-state index in [9.17, 15) is 4.79 Å². The van der Waals surface area contributed by atoms with E-state index in [-0.39, 0.29) is 11.9 Å². The molecule has 0 bridgehead atoms. The molecule has 24 heavy (non-hydrogen) atoms. The van der Waals surface area contributed by atoms with Crippen LogP contribution in [-0.4, -0.2) is 63.8 Å². The molecule has 7 nitrogen and oxygen atoms in total. The standard InChI is InChI=1S/C17H23N5O2/c1-20(2)10-15-11-24-16-6-4-3-5-14(16)9-22(15)17(23)7-8-21-13-18-12-19-21/h3-6,12-13,15H,7-11H2,1-2H3. The van der Waals surface area contributed by atoms with Gasteiger partial charge >= 0.3 is 0 Å². The maximum atomic E-state index is 12.8. The Bertz CT molecular complexity index is 671. The number of nitrogens with zero attached hydrogens (tertiary/aromatic N) is 5. The van der Waals surface area contributed by atoms with Crippen LogP contribution in [0.1, 0.15) is 12.0 Å². The van der Waals surface area contributed by atoms with Crippen LogP contribution in [0.4, 0.5) is 0 Å². The fraction of sp³-hybridized carbons (Fsp3) is 0.471. The molecule has 0 radical (unpaired) electrons. The highest BCUT2D eigenvalue weighted by Crippen LogP contribution is 2.25. The lowest BCUT2D eigenvalue weighted by Crippen LogP contribution is -2.47. The molecule has 0 N–H and O–H groups in total. The third-order valence-electron chi connectivity index (χ3n) is 4.10. The lowest BCUT2D eigenvalue weighted by Gasteiger charge is -2.31. The van der Waals surface area contributed by atoms with Gasteiger partial charge in [0.25, 0.3) is 0 Å². The summed E-state index contributed by atoms with van der Waals surface area (Å²) in [5.41, 5.74) is 1.05. The Morgan fingerprint density at radius 1 is 1.38 bits per heavy atom. The Hall–Kier alpha value is -2.41. The van der Waals surface area contributed by atoms with E-state index in [0.717, 1.165) is 17.9 Å². The molecule has 1 aliphatic heterocycles. The Morgan fingerprint density at radius 3 is 2.96 bits per heavy atom. The molecule has 1 aromatic carbocycles. The number of carbonyl (C=O) groups is 1. The number of para-hydroxylation sites is 1. The first-order valence-corrected chi connectivity index (χ1v) is 8.11. The quantitative estimate of drug-likeness (QED) is 0.819. The van der Waals surface area contributed by atoms with Crippen molar-refractivity contribution in [1.82, 2.24) is 24.6 Å². The predicted octanol–water partition coefficient (Wildman–Crippen LogP) is 1.02. The van der Waals surface area contributed by atoms with Gasteiger partial charge in [0.05, 0.1) is 12.6 Å². The number of aryl methyl sites for hydroxylation is 1. The molecule has 1 unspecified atom stereocenters. The summed E-state index contributed by atoms with van der Waals surface area (Å²) in [6.07, 6.45) is 3.51. The van der Waals surface area contributed by atoms with Crippen LogP contribution in [0.25, 0.3) is 0 Å². The number of hydrogen-bond donors (Lipinski definition) is 0. The van der Waals surface area contributed by atoms with Gasteiger partial charge < -0.3 is 14.5 Å². The van der Waals surface area contributed by atoms with Crippen LogP contribution in [0, 0.1) is 0 Å². The topological polar surface area (TPSA) is 63.5 Å². The monoisotopic (exact) mass is 329 g/mol. The normalized spacial score (nSPS) is 17.3. The molecule has 0 spiro atoms. The lowest BCUT2D eigenvalue weighted by atomic mass is 10.1. The van der Waals surface area contributed by atoms with E-state index in [0.29, 0.717) is 26.1 Å². The van der Waals surface area contributed by atoms with Crippen LogP contribution < -0.4 is 4.74 Å². The van der Waals surface area contributed by atoms with E-state index in [1.807, 2.05) is 43.3 Å². The Kier molecular flexibility index (Phi) is 5.10. The number of likely N-dealkylation sites (N-methyl/N-ethyl adjacent to an activating group) is 1. The molecule has 2 heterocycles. The fourth-order valence-corrected chi connectivity index (χ4v) is 2.93. The average Bonchev–Trinajstić information content (AvgIpc) is 3.02. The summed E-state index contributed by atoms with van der Waals surface area (Å²) in [7, 11) is 4.02. The molecular formula is C17H23N5O2. The predicted molar refractivity (Wildman–Crippen MR) is 89.5 cm³/mol. The van der Waals surface area contributed by atoms with Crippen LogP contribution in [0.5, 0.6) is 5.75 Å². The highest BCUT2D eigenvalue weighted by molar-refractivity contribution is 5.76. The molecule has 1 amide bonds. The van der Waals surface area contributed by atoms with Crippen molar-refractivity contribution in [2.45, 2.75) is 25.6 Å². The second kappa shape index (κ2) is 7.44. The van der Waals surface area contributed by atoms with Gasteiger partial charge in [-0.1, -0.05) is 18.2 Å². The molecule has 0 aliphatic carbocycles. The van der Waals surface area contributed by atoms with Crippen molar-refractivity contribution >= 4 is 5.91 Å². The number of carbonyl (C=O) groups excluding carboxylic acids is 1. The second-order valence-corrected chi connectivity index (χ2v) is 6.26. The third-order valence-corrected chi connectivity index (χ3v) is 4.10. The minimum atomic E-state index is 0.0237. The summed E-state index contributed by atoms with van der Waals surface area (Å²) in [6.45, 7) is 2.38. The van der Waals surface area contributed by atoms with Crippen molar-refractivity contribution in [3.05, 3.63) is 42.5 Å². The number of rotatable bonds is 5. The number of hydrogen-bond acceptors (Lipinski definition) is 5. The Labute approximate surface area is 141 Å². The molecule has 3 rings (SSSR count). The van der Waals surface area contributed by atoms with Gasteiger partial charge in [0.1, 0.15) is 25.0 Å². The zero-order chi connectivity index (χ0) is 16.9. The number of benzene rings is 1. The molecule has 1 aromatic heterocycles. The van der Waals surface area contributed by atoms with E-state index in [1.54, 1.807) is 11.0 Å². The van der Waals surface area contributed by atoms with Crippen LogP contribution in [0.3, 0.4) is 0 Å². The average molecular weight is 329 g/mol. The summed E-state index contributed by atoms with van der Waals surface area (Å²) in [4.78, 5) is 20.8. The lowest BCUT2D eigenvalue weighted by molar-refractivity contribution is -0.135. The van der Waals surface area contributed by atoms with Gasteiger partial charge in [-0.15, -0.1) is 0 Å². The first-order chi connectivity index (χ1) is 11.6. The highest BCUT2D eigenvalue weighted by atomic mass is 16.5. The third kappa shape index (κ3) is 3.91. The molecular weight excluding hydrogens is 306 g/mol. The van der Waals surface area contributed by atoms with Crippen LogP contribution in [-0.2, 0) is 17.9 Å². The maximum absolute atomic E-state index is 12.8. The summed E-state index contributed by atoms with van der Waals surface area (Å²) in [6, 6.07) is 7.95. The van der Waals surface area contributed by atoms with Crippen LogP contribution >= 0.6 is 0 Å². The van der Waals surface area contributed by atoms with Crippen molar-refractivity contribution in [2.75, 3.05) is 27.2 Å². The van der Waals surface area contributed by atoms with Gasteiger partial charge in [0.2, 0.25) is 5.91 Å². The molecule has 128 valence electrons. The van der Waals surface area contributed by atoms with E-state index in [1.165, 1.54) is 6.33 Å². The zero-order valence-electron chi connectivity index (χ0n) is 14.1. The van der Waals surface area contributed by atoms with Crippen molar-refractivity contribution < 1.29 is 9.53 Å². The van der Waals surface area contributed by atoms with Gasteiger partial charge in [0, 0.05) is 25.1 Å². The number of amides is 1. The molecule has 2 aromatic rings. The van der Waals surface area contributed by atoms with Gasteiger partial charge in [-0.3, -0.25) is 9.48 Å². The fourth-order valence-electron chi connectivity index (χ4n) is 2.93. The van der Waals surface area contributed by atoms with Crippen molar-refractivity contribution in [1.29, 1.82) is 0 Å². The number of ether oxygens (including phenoxy) is 1. The molecule has 0 saturated heterocycles. The van der Waals surface area contributed by atoms with Gasteiger partial charge in [-0.05, 0) is 20.2 Å². The second-order valence-electron chi connectivity index (χ2n) is 6.26. The number of aromatic nitrogens is 3. The van der Waals surface area contributed by atoms with Crippen LogP contribution in [0.15, 0.2) is 36.9 Å². The summed E-state index contributed by atoms with van der Waals surface area (Å²) < 4.78 is 7.63. The Morgan fingerprint density at radius 2 is 2.21 bits per heavy atom. The molecule has 1 atom stereocenters. The molecule has 1 aliphatic rings. The van der Waals surface area contributed by atoms with Crippen molar-refractivity contribution in [3.8, 4) is 5.75 Å². The van der Waals surface area contributed by atoms with Gasteiger partial charge in [0.15, 0.2) is 0 Å². The van der Waals surface area contributed by atoms with E-state index < -0.39 is 0 Å². The van der Waals surface area contributed by atoms with E-state index in [2.05, 4.69) is 15.0 Å². The highest BCUT2D eigenvalue weighted by Gasteiger charge is 2.28. The van der Waals surface area contributed by atoms with Gasteiger partial charge in [-0.25, -0.2) is 4.98 Å². The van der Waals surface area contributed by atoms with Crippen molar-refractivity contribution in [3.63, 3.8) is 0 Å². The smallest absolute Gasteiger partial charge is 0.225 e. The summed E-state index contributed by atoms with van der Waals surface area (Å²) >= 11 is 0.